The lowest BCUT2D eigenvalue weighted by molar-refractivity contribution is -0.119. The van der Waals surface area contributed by atoms with Crippen molar-refractivity contribution in [3.63, 3.8) is 0 Å². The minimum atomic E-state index is -4.00. The van der Waals surface area contributed by atoms with Gasteiger partial charge >= 0.3 is 0 Å². The van der Waals surface area contributed by atoms with Gasteiger partial charge in [0.25, 0.3) is 10.0 Å². The zero-order valence-electron chi connectivity index (χ0n) is 19.3. The number of rotatable bonds is 11. The predicted molar refractivity (Wildman–Crippen MR) is 136 cm³/mol. The van der Waals surface area contributed by atoms with Crippen molar-refractivity contribution in [2.75, 3.05) is 24.0 Å². The summed E-state index contributed by atoms with van der Waals surface area (Å²) in [5, 5.41) is 3.27. The third kappa shape index (κ3) is 6.98. The number of anilines is 1. The summed E-state index contributed by atoms with van der Waals surface area (Å²) in [6.45, 7) is 4.52. The van der Waals surface area contributed by atoms with Crippen LogP contribution in [0.3, 0.4) is 0 Å². The summed E-state index contributed by atoms with van der Waals surface area (Å²) in [6.07, 6.45) is 1.58. The SMILES string of the molecule is CCOc1ccc(N(CC(=O)NCCCc2cccc(C)c2)S(=O)(=O)c2ccc(Cl)cc2)cc1. The molecule has 0 aliphatic carbocycles. The smallest absolute Gasteiger partial charge is 0.264 e. The highest BCUT2D eigenvalue weighted by molar-refractivity contribution is 7.92. The minimum absolute atomic E-state index is 0.0537. The van der Waals surface area contributed by atoms with Crippen molar-refractivity contribution >= 4 is 33.2 Å². The first-order valence-corrected chi connectivity index (χ1v) is 12.9. The van der Waals surface area contributed by atoms with Gasteiger partial charge in [-0.3, -0.25) is 9.10 Å². The first-order chi connectivity index (χ1) is 16.3. The molecule has 1 amide bonds. The number of halogens is 1. The van der Waals surface area contributed by atoms with Gasteiger partial charge in [0.2, 0.25) is 5.91 Å². The highest BCUT2D eigenvalue weighted by Gasteiger charge is 2.27. The molecule has 0 spiro atoms. The molecular formula is C26H29ClN2O4S. The van der Waals surface area contributed by atoms with Gasteiger partial charge in [-0.2, -0.15) is 0 Å². The van der Waals surface area contributed by atoms with E-state index in [1.807, 2.05) is 26.0 Å². The fraction of sp³-hybridized carbons (Fsp3) is 0.269. The number of benzene rings is 3. The second kappa shape index (κ2) is 11.9. The van der Waals surface area contributed by atoms with Gasteiger partial charge in [0.1, 0.15) is 12.3 Å². The molecule has 0 heterocycles. The molecule has 0 saturated heterocycles. The quantitative estimate of drug-likeness (QED) is 0.376. The number of aryl methyl sites for hydroxylation is 2. The van der Waals surface area contributed by atoms with E-state index in [-0.39, 0.29) is 17.3 Å². The van der Waals surface area contributed by atoms with E-state index in [0.717, 1.165) is 17.1 Å². The zero-order chi connectivity index (χ0) is 24.6. The minimum Gasteiger partial charge on any atom is -0.494 e. The van der Waals surface area contributed by atoms with Crippen molar-refractivity contribution < 1.29 is 17.9 Å². The van der Waals surface area contributed by atoms with Crippen LogP contribution in [0.2, 0.25) is 5.02 Å². The Balaban J connectivity index is 1.72. The second-order valence-corrected chi connectivity index (χ2v) is 10.1. The fourth-order valence-corrected chi connectivity index (χ4v) is 5.05. The Hall–Kier alpha value is -3.03. The van der Waals surface area contributed by atoms with E-state index < -0.39 is 10.0 Å². The third-order valence-corrected chi connectivity index (χ3v) is 7.21. The van der Waals surface area contributed by atoms with Crippen LogP contribution in [0, 0.1) is 6.92 Å². The summed E-state index contributed by atoms with van der Waals surface area (Å²) in [4.78, 5) is 12.8. The summed E-state index contributed by atoms with van der Waals surface area (Å²) in [5.41, 5.74) is 2.77. The van der Waals surface area contributed by atoms with Crippen molar-refractivity contribution in [1.29, 1.82) is 0 Å². The molecular weight excluding hydrogens is 472 g/mol. The lowest BCUT2D eigenvalue weighted by atomic mass is 10.1. The second-order valence-electron chi connectivity index (χ2n) is 7.84. The Morgan fingerprint density at radius 1 is 1.03 bits per heavy atom. The van der Waals surface area contributed by atoms with Crippen molar-refractivity contribution in [2.24, 2.45) is 0 Å². The first kappa shape index (κ1) is 25.6. The Bertz CT molecular complexity index is 1200. The summed E-state index contributed by atoms with van der Waals surface area (Å²) in [5.74, 6) is 0.242. The maximum atomic E-state index is 13.4. The van der Waals surface area contributed by atoms with E-state index in [4.69, 9.17) is 16.3 Å². The molecule has 0 unspecified atom stereocenters. The van der Waals surface area contributed by atoms with Gasteiger partial charge in [0.15, 0.2) is 0 Å². The van der Waals surface area contributed by atoms with Crippen molar-refractivity contribution in [2.45, 2.75) is 31.6 Å². The lowest BCUT2D eigenvalue weighted by Crippen LogP contribution is -2.41. The summed E-state index contributed by atoms with van der Waals surface area (Å²) < 4.78 is 33.4. The van der Waals surface area contributed by atoms with Crippen molar-refractivity contribution in [1.82, 2.24) is 5.32 Å². The van der Waals surface area contributed by atoms with Crippen LogP contribution in [-0.4, -0.2) is 34.0 Å². The molecule has 0 radical (unpaired) electrons. The molecule has 3 aromatic carbocycles. The van der Waals surface area contributed by atoms with Gasteiger partial charge in [0.05, 0.1) is 17.2 Å². The molecule has 1 N–H and O–H groups in total. The van der Waals surface area contributed by atoms with E-state index in [2.05, 4.69) is 17.4 Å². The molecule has 0 bridgehead atoms. The molecule has 3 rings (SSSR count). The van der Waals surface area contributed by atoms with Crippen molar-refractivity contribution in [3.8, 4) is 5.75 Å². The largest absolute Gasteiger partial charge is 0.494 e. The van der Waals surface area contributed by atoms with E-state index in [9.17, 15) is 13.2 Å². The Kier molecular flexibility index (Phi) is 8.96. The molecule has 0 aromatic heterocycles. The maximum Gasteiger partial charge on any atom is 0.264 e. The lowest BCUT2D eigenvalue weighted by Gasteiger charge is -2.24. The van der Waals surface area contributed by atoms with Crippen LogP contribution in [0.5, 0.6) is 5.75 Å². The zero-order valence-corrected chi connectivity index (χ0v) is 20.9. The van der Waals surface area contributed by atoms with Gasteiger partial charge in [-0.15, -0.1) is 0 Å². The van der Waals surface area contributed by atoms with E-state index in [1.165, 1.54) is 35.4 Å². The molecule has 0 aliphatic heterocycles. The number of ether oxygens (including phenoxy) is 1. The summed E-state index contributed by atoms with van der Waals surface area (Å²) in [7, 11) is -4.00. The van der Waals surface area contributed by atoms with Crippen LogP contribution in [0.4, 0.5) is 5.69 Å². The molecule has 0 saturated carbocycles. The van der Waals surface area contributed by atoms with Gasteiger partial charge < -0.3 is 10.1 Å². The molecule has 0 fully saturated rings. The van der Waals surface area contributed by atoms with Crippen LogP contribution >= 0.6 is 11.6 Å². The number of amides is 1. The molecule has 3 aromatic rings. The number of hydrogen-bond acceptors (Lipinski definition) is 4. The molecule has 8 heteroatoms. The van der Waals surface area contributed by atoms with Crippen LogP contribution in [0.1, 0.15) is 24.5 Å². The highest BCUT2D eigenvalue weighted by Crippen LogP contribution is 2.26. The van der Waals surface area contributed by atoms with Crippen LogP contribution < -0.4 is 14.4 Å². The van der Waals surface area contributed by atoms with Crippen LogP contribution in [0.25, 0.3) is 0 Å². The predicted octanol–water partition coefficient (Wildman–Crippen LogP) is 4.99. The van der Waals surface area contributed by atoms with Gasteiger partial charge in [-0.1, -0.05) is 41.4 Å². The number of hydrogen-bond donors (Lipinski definition) is 1. The Labute approximate surface area is 206 Å². The van der Waals surface area contributed by atoms with Gasteiger partial charge in [0, 0.05) is 11.6 Å². The average molecular weight is 501 g/mol. The fourth-order valence-electron chi connectivity index (χ4n) is 3.50. The number of nitrogens with one attached hydrogen (secondary N) is 1. The molecule has 6 nitrogen and oxygen atoms in total. The van der Waals surface area contributed by atoms with E-state index in [1.54, 1.807) is 24.3 Å². The van der Waals surface area contributed by atoms with Crippen LogP contribution in [0.15, 0.2) is 77.7 Å². The van der Waals surface area contributed by atoms with Gasteiger partial charge in [-0.05, 0) is 80.8 Å². The van der Waals surface area contributed by atoms with E-state index in [0.29, 0.717) is 29.6 Å². The number of sulfonamides is 1. The number of carbonyl (C=O) groups excluding carboxylic acids is 1. The Morgan fingerprint density at radius 2 is 1.74 bits per heavy atom. The third-order valence-electron chi connectivity index (χ3n) is 5.17. The molecule has 0 atom stereocenters. The summed E-state index contributed by atoms with van der Waals surface area (Å²) >= 11 is 5.93. The number of carbonyl (C=O) groups is 1. The summed E-state index contributed by atoms with van der Waals surface area (Å²) in [6, 6.07) is 20.7. The highest BCUT2D eigenvalue weighted by atomic mass is 35.5. The van der Waals surface area contributed by atoms with Crippen molar-refractivity contribution in [3.05, 3.63) is 88.9 Å². The Morgan fingerprint density at radius 3 is 2.38 bits per heavy atom. The van der Waals surface area contributed by atoms with E-state index >= 15 is 0 Å². The van der Waals surface area contributed by atoms with Crippen LogP contribution in [-0.2, 0) is 21.2 Å². The molecule has 34 heavy (non-hydrogen) atoms. The first-order valence-electron chi connectivity index (χ1n) is 11.1. The monoisotopic (exact) mass is 500 g/mol. The maximum absolute atomic E-state index is 13.4. The standard InChI is InChI=1S/C26H29ClN2O4S/c1-3-33-24-13-11-23(12-14-24)29(34(31,32)25-15-9-22(27)10-16-25)19-26(30)28-17-5-8-21-7-4-6-20(2)18-21/h4,6-7,9-16,18H,3,5,8,17,19H2,1-2H3,(H,28,30). The van der Waals surface area contributed by atoms with Gasteiger partial charge in [-0.25, -0.2) is 8.42 Å². The topological polar surface area (TPSA) is 75.7 Å². The molecule has 180 valence electrons. The molecule has 0 aliphatic rings. The normalized spacial score (nSPS) is 11.1. The number of nitrogens with zero attached hydrogens (tertiary/aromatic N) is 1. The average Bonchev–Trinajstić information content (AvgIpc) is 2.81.